The van der Waals surface area contributed by atoms with Gasteiger partial charge in [0.2, 0.25) is 0 Å². The topological polar surface area (TPSA) is 86.6 Å². The Morgan fingerprint density at radius 3 is 2.79 bits per heavy atom. The van der Waals surface area contributed by atoms with E-state index in [-0.39, 0.29) is 35.1 Å². The molecule has 4 aliphatic rings. The second-order valence-corrected chi connectivity index (χ2v) is 12.8. The monoisotopic (exact) mass is 586 g/mol. The van der Waals surface area contributed by atoms with Gasteiger partial charge in [-0.1, -0.05) is 25.1 Å². The first-order valence-electron chi connectivity index (χ1n) is 15.5. The average molecular weight is 587 g/mol. The molecule has 2 aromatic heterocycles. The van der Waals surface area contributed by atoms with E-state index in [1.54, 1.807) is 18.3 Å². The van der Waals surface area contributed by atoms with Crippen molar-refractivity contribution < 1.29 is 18.6 Å². The number of ether oxygens (including phenoxy) is 1. The van der Waals surface area contributed by atoms with E-state index in [2.05, 4.69) is 32.0 Å². The zero-order valence-electron chi connectivity index (χ0n) is 24.3. The van der Waals surface area contributed by atoms with Crippen molar-refractivity contribution in [1.29, 1.82) is 0 Å². The van der Waals surface area contributed by atoms with Gasteiger partial charge in [0.25, 0.3) is 0 Å². The molecule has 0 radical (unpaired) electrons. The first-order chi connectivity index (χ1) is 20.9. The maximum Gasteiger partial charge on any atom is 0.319 e. The summed E-state index contributed by atoms with van der Waals surface area (Å²) >= 11 is 0. The number of phenols is 1. The number of aromatic hydroxyl groups is 1. The number of hydrogen-bond acceptors (Lipinski definition) is 8. The highest BCUT2D eigenvalue weighted by atomic mass is 19.1. The predicted octanol–water partition coefficient (Wildman–Crippen LogP) is 5.15. The molecule has 8 nitrogen and oxygen atoms in total. The first kappa shape index (κ1) is 27.0. The van der Waals surface area contributed by atoms with Crippen LogP contribution in [0.3, 0.4) is 0 Å². The number of nitrogens with zero attached hydrogens (tertiary/aromatic N) is 5. The summed E-state index contributed by atoms with van der Waals surface area (Å²) in [7, 11) is 0. The van der Waals surface area contributed by atoms with Gasteiger partial charge in [-0.3, -0.25) is 9.88 Å². The number of alkyl halides is 1. The summed E-state index contributed by atoms with van der Waals surface area (Å²) in [6, 6.07) is 9.94. The number of hydrogen-bond donors (Lipinski definition) is 2. The number of nitrogens with one attached hydrogen (secondary N) is 1. The van der Waals surface area contributed by atoms with Crippen molar-refractivity contribution in [3.63, 3.8) is 0 Å². The van der Waals surface area contributed by atoms with Gasteiger partial charge in [-0.05, 0) is 67.1 Å². The minimum absolute atomic E-state index is 0.0452. The van der Waals surface area contributed by atoms with Crippen molar-refractivity contribution in [3.8, 4) is 23.0 Å². The van der Waals surface area contributed by atoms with Crippen LogP contribution in [0.4, 0.5) is 14.6 Å². The highest BCUT2D eigenvalue weighted by molar-refractivity contribution is 6.01. The van der Waals surface area contributed by atoms with E-state index in [9.17, 15) is 9.50 Å². The summed E-state index contributed by atoms with van der Waals surface area (Å²) in [5, 5.41) is 16.4. The Kier molecular flexibility index (Phi) is 6.41. The molecule has 2 bridgehead atoms. The average Bonchev–Trinajstić information content (AvgIpc) is 3.65. The van der Waals surface area contributed by atoms with Gasteiger partial charge in [0.05, 0.1) is 10.9 Å². The predicted molar refractivity (Wildman–Crippen MR) is 162 cm³/mol. The Hall–Kier alpha value is -3.63. The molecule has 0 unspecified atom stereocenters. The van der Waals surface area contributed by atoms with E-state index >= 15 is 4.39 Å². The molecule has 4 atom stereocenters. The van der Waals surface area contributed by atoms with E-state index in [4.69, 9.17) is 9.72 Å². The summed E-state index contributed by atoms with van der Waals surface area (Å²) < 4.78 is 37.5. The normalized spacial score (nSPS) is 27.0. The van der Waals surface area contributed by atoms with E-state index in [0.29, 0.717) is 41.8 Å². The van der Waals surface area contributed by atoms with E-state index in [0.717, 1.165) is 68.1 Å². The fraction of sp³-hybridized carbons (Fsp3) is 0.485. The van der Waals surface area contributed by atoms with Gasteiger partial charge >= 0.3 is 6.01 Å². The summed E-state index contributed by atoms with van der Waals surface area (Å²) in [5.74, 6) is 0.0815. The number of halogens is 2. The number of pyridine rings is 1. The van der Waals surface area contributed by atoms with Crippen LogP contribution in [0.1, 0.15) is 44.6 Å². The molecule has 0 amide bonds. The van der Waals surface area contributed by atoms with Crippen LogP contribution in [0.25, 0.3) is 32.9 Å². The number of aryl methyl sites for hydroxylation is 1. The molecule has 8 rings (SSSR count). The maximum atomic E-state index is 16.8. The molecule has 4 aromatic rings. The van der Waals surface area contributed by atoms with Crippen molar-refractivity contribution in [2.75, 3.05) is 37.7 Å². The summed E-state index contributed by atoms with van der Waals surface area (Å²) in [6.45, 7) is 5.12. The van der Waals surface area contributed by atoms with Crippen LogP contribution in [-0.2, 0) is 6.42 Å². The molecule has 0 saturated carbocycles. The third-order valence-electron chi connectivity index (χ3n) is 10.1. The van der Waals surface area contributed by atoms with Gasteiger partial charge in [-0.15, -0.1) is 0 Å². The number of phenolic OH excluding ortho intramolecular Hbond substituents is 1. The van der Waals surface area contributed by atoms with Gasteiger partial charge < -0.3 is 20.1 Å². The maximum absolute atomic E-state index is 16.8. The van der Waals surface area contributed by atoms with Crippen LogP contribution in [-0.4, -0.2) is 81.5 Å². The Morgan fingerprint density at radius 1 is 1.14 bits per heavy atom. The lowest BCUT2D eigenvalue weighted by Crippen LogP contribution is -2.51. The molecule has 0 aliphatic carbocycles. The zero-order valence-corrected chi connectivity index (χ0v) is 24.3. The molecule has 4 saturated heterocycles. The third kappa shape index (κ3) is 4.49. The van der Waals surface area contributed by atoms with Crippen LogP contribution in [0.2, 0.25) is 0 Å². The van der Waals surface area contributed by atoms with Crippen molar-refractivity contribution in [2.45, 2.75) is 69.2 Å². The molecule has 43 heavy (non-hydrogen) atoms. The minimum atomic E-state index is -0.871. The standard InChI is InChI=1S/C33H36F2N6O2/c1-2-19-5-3-6-20-11-24(42)12-25(27(19)20)29-28(35)30-26(14-36-29)31(40-16-22-7-8-23(17-40)37-22)39-32(38-30)43-18-33-9-4-10-41(33)15-21(34)13-33/h3,5-6,11-12,14,21-23,37,42H,2,4,7-10,13,15-18H2,1H3/t21-,22-,23+,33+/m0/s1. The fourth-order valence-electron chi connectivity index (χ4n) is 8.10. The molecule has 4 fully saturated rings. The molecular weight excluding hydrogens is 550 g/mol. The number of piperazine rings is 1. The molecule has 4 aliphatic heterocycles. The number of anilines is 1. The number of aromatic nitrogens is 3. The molecule has 2 N–H and O–H groups in total. The lowest BCUT2D eigenvalue weighted by molar-refractivity contribution is 0.107. The van der Waals surface area contributed by atoms with Crippen LogP contribution in [0.15, 0.2) is 36.5 Å². The molecular formula is C33H36F2N6O2. The van der Waals surface area contributed by atoms with E-state index < -0.39 is 12.0 Å². The van der Waals surface area contributed by atoms with Gasteiger partial charge in [-0.25, -0.2) is 8.78 Å². The minimum Gasteiger partial charge on any atom is -0.508 e. The van der Waals surface area contributed by atoms with Crippen LogP contribution in [0.5, 0.6) is 11.8 Å². The summed E-state index contributed by atoms with van der Waals surface area (Å²) in [4.78, 5) is 18.5. The van der Waals surface area contributed by atoms with Crippen LogP contribution in [0, 0.1) is 5.82 Å². The first-order valence-corrected chi connectivity index (χ1v) is 15.5. The van der Waals surface area contributed by atoms with Crippen molar-refractivity contribution in [1.82, 2.24) is 25.2 Å². The van der Waals surface area contributed by atoms with Crippen molar-refractivity contribution in [2.24, 2.45) is 0 Å². The second-order valence-electron chi connectivity index (χ2n) is 12.8. The summed E-state index contributed by atoms with van der Waals surface area (Å²) in [5.41, 5.74) is 1.46. The second kappa shape index (κ2) is 10.2. The quantitative estimate of drug-likeness (QED) is 0.321. The number of rotatable bonds is 6. The fourth-order valence-corrected chi connectivity index (χ4v) is 8.10. The lowest BCUT2D eigenvalue weighted by atomic mass is 9.95. The van der Waals surface area contributed by atoms with E-state index in [1.165, 1.54) is 0 Å². The Bertz CT molecular complexity index is 1720. The van der Waals surface area contributed by atoms with Gasteiger partial charge in [0, 0.05) is 49.9 Å². The number of fused-ring (bicyclic) bond motifs is 5. The highest BCUT2D eigenvalue weighted by Gasteiger charge is 2.49. The summed E-state index contributed by atoms with van der Waals surface area (Å²) in [6.07, 6.45) is 6.02. The molecule has 10 heteroatoms. The van der Waals surface area contributed by atoms with Gasteiger partial charge in [0.15, 0.2) is 5.82 Å². The molecule has 6 heterocycles. The SMILES string of the molecule is CCc1cccc2cc(O)cc(-c3ncc4c(N5C[C@H]6CC[C@@H](C5)N6)nc(OC[C@]56CCCN5C[C@@H](F)C6)nc4c3F)c12. The molecule has 224 valence electrons. The zero-order chi connectivity index (χ0) is 29.3. The van der Waals surface area contributed by atoms with E-state index in [1.807, 2.05) is 18.2 Å². The number of benzene rings is 2. The Morgan fingerprint density at radius 2 is 1.98 bits per heavy atom. The highest BCUT2D eigenvalue weighted by Crippen LogP contribution is 2.42. The molecule has 0 spiro atoms. The smallest absolute Gasteiger partial charge is 0.319 e. The Balaban J connectivity index is 1.26. The van der Waals surface area contributed by atoms with Gasteiger partial charge in [0.1, 0.15) is 35.6 Å². The lowest BCUT2D eigenvalue weighted by Gasteiger charge is -2.34. The molecule has 2 aromatic carbocycles. The largest absolute Gasteiger partial charge is 0.508 e. The van der Waals surface area contributed by atoms with Gasteiger partial charge in [-0.2, -0.15) is 9.97 Å². The van der Waals surface area contributed by atoms with Crippen molar-refractivity contribution in [3.05, 3.63) is 47.9 Å². The van der Waals surface area contributed by atoms with Crippen LogP contribution >= 0.6 is 0 Å². The van der Waals surface area contributed by atoms with Crippen molar-refractivity contribution >= 4 is 27.5 Å². The Labute approximate surface area is 249 Å². The van der Waals surface area contributed by atoms with Crippen LogP contribution < -0.4 is 15.0 Å². The third-order valence-corrected chi connectivity index (χ3v) is 10.1.